The molecule has 0 fully saturated rings. The number of hydrogen-bond donors (Lipinski definition) is 2. The van der Waals surface area contributed by atoms with E-state index in [1.54, 1.807) is 0 Å². The maximum Gasteiger partial charge on any atom is 0.141 e. The number of hydrogen-bond acceptors (Lipinski definition) is 4. The molecule has 0 aromatic heterocycles. The number of nitrogens with one attached hydrogen (secondary N) is 2. The van der Waals surface area contributed by atoms with E-state index in [2.05, 4.69) is 16.7 Å². The lowest BCUT2D eigenvalue weighted by Gasteiger charge is -2.13. The molecule has 0 saturated carbocycles. The van der Waals surface area contributed by atoms with E-state index < -0.39 is 0 Å². The molecule has 16 heavy (non-hydrogen) atoms. The summed E-state index contributed by atoms with van der Waals surface area (Å²) >= 11 is 0. The zero-order valence-electron chi connectivity index (χ0n) is 9.92. The van der Waals surface area contributed by atoms with Gasteiger partial charge in [-0.2, -0.15) is 5.26 Å². The maximum atomic E-state index is 9.13. The topological polar surface area (TPSA) is 57.1 Å². The van der Waals surface area contributed by atoms with Crippen LogP contribution in [-0.2, 0) is 0 Å². The first-order chi connectivity index (χ1) is 7.76. The van der Waals surface area contributed by atoms with Crippen molar-refractivity contribution in [1.29, 1.82) is 5.26 Å². The maximum absolute atomic E-state index is 9.13. The molecule has 0 unspecified atom stereocenters. The normalized spacial score (nSPS) is 9.38. The number of benzene rings is 1. The van der Waals surface area contributed by atoms with Gasteiger partial charge >= 0.3 is 0 Å². The minimum atomic E-state index is 0.549. The smallest absolute Gasteiger partial charge is 0.141 e. The molecule has 1 aromatic rings. The van der Waals surface area contributed by atoms with Crippen molar-refractivity contribution in [2.75, 3.05) is 30.8 Å². The Morgan fingerprint density at radius 2 is 2.12 bits per heavy atom. The molecule has 0 bridgehead atoms. The minimum absolute atomic E-state index is 0.549. The first-order valence-corrected chi connectivity index (χ1v) is 5.39. The Hall–Kier alpha value is -1.89. The van der Waals surface area contributed by atoms with Crippen LogP contribution in [0, 0.1) is 11.3 Å². The van der Waals surface area contributed by atoms with Crippen molar-refractivity contribution in [1.82, 2.24) is 0 Å². The molecule has 86 valence electrons. The van der Waals surface area contributed by atoms with Gasteiger partial charge in [-0.1, -0.05) is 0 Å². The lowest BCUT2D eigenvalue weighted by molar-refractivity contribution is 0.339. The van der Waals surface area contributed by atoms with Gasteiger partial charge in [0, 0.05) is 25.3 Å². The zero-order valence-corrected chi connectivity index (χ0v) is 9.92. The van der Waals surface area contributed by atoms with Gasteiger partial charge < -0.3 is 15.4 Å². The molecule has 0 amide bonds. The van der Waals surface area contributed by atoms with E-state index in [9.17, 15) is 0 Å². The SMILES string of the molecule is CCNc1cc(NC)cc(OCC)c1C#N. The molecule has 0 aliphatic carbocycles. The molecule has 0 atom stereocenters. The van der Waals surface area contributed by atoms with Crippen LogP contribution in [0.1, 0.15) is 19.4 Å². The second-order valence-electron chi connectivity index (χ2n) is 3.22. The average molecular weight is 219 g/mol. The standard InChI is InChI=1S/C12H17N3O/c1-4-15-11-6-9(14-3)7-12(16-5-2)10(11)8-13/h6-7,14-15H,4-5H2,1-3H3. The van der Waals surface area contributed by atoms with Crippen molar-refractivity contribution >= 4 is 11.4 Å². The van der Waals surface area contributed by atoms with Gasteiger partial charge in [-0.15, -0.1) is 0 Å². The summed E-state index contributed by atoms with van der Waals surface area (Å²) in [7, 11) is 1.84. The van der Waals surface area contributed by atoms with Crippen LogP contribution in [0.15, 0.2) is 12.1 Å². The molecular formula is C12H17N3O. The summed E-state index contributed by atoms with van der Waals surface area (Å²) in [6.45, 7) is 5.22. The fraction of sp³-hybridized carbons (Fsp3) is 0.417. The molecular weight excluding hydrogens is 202 g/mol. The molecule has 1 rings (SSSR count). The highest BCUT2D eigenvalue weighted by atomic mass is 16.5. The molecule has 4 heteroatoms. The Bertz CT molecular complexity index is 369. The highest BCUT2D eigenvalue weighted by molar-refractivity contribution is 5.70. The Labute approximate surface area is 96.2 Å². The molecule has 0 radical (unpaired) electrons. The van der Waals surface area contributed by atoms with E-state index in [-0.39, 0.29) is 0 Å². The quantitative estimate of drug-likeness (QED) is 0.798. The first kappa shape index (κ1) is 12.2. The van der Waals surface area contributed by atoms with Gasteiger partial charge in [0.15, 0.2) is 0 Å². The lowest BCUT2D eigenvalue weighted by atomic mass is 10.1. The van der Waals surface area contributed by atoms with Crippen LogP contribution in [0.3, 0.4) is 0 Å². The third-order valence-corrected chi connectivity index (χ3v) is 2.17. The van der Waals surface area contributed by atoms with Gasteiger partial charge in [0.1, 0.15) is 17.4 Å². The number of anilines is 2. The predicted molar refractivity (Wildman–Crippen MR) is 66.0 cm³/mol. The van der Waals surface area contributed by atoms with E-state index in [1.165, 1.54) is 0 Å². The van der Waals surface area contributed by atoms with Crippen molar-refractivity contribution in [3.05, 3.63) is 17.7 Å². The number of ether oxygens (including phenoxy) is 1. The molecule has 4 nitrogen and oxygen atoms in total. The van der Waals surface area contributed by atoms with Gasteiger partial charge in [0.2, 0.25) is 0 Å². The third-order valence-electron chi connectivity index (χ3n) is 2.17. The van der Waals surface area contributed by atoms with E-state index in [4.69, 9.17) is 10.00 Å². The lowest BCUT2D eigenvalue weighted by Crippen LogP contribution is -2.04. The summed E-state index contributed by atoms with van der Waals surface area (Å²) in [5.74, 6) is 0.618. The first-order valence-electron chi connectivity index (χ1n) is 5.39. The van der Waals surface area contributed by atoms with Crippen molar-refractivity contribution < 1.29 is 4.74 Å². The molecule has 0 saturated heterocycles. The largest absolute Gasteiger partial charge is 0.492 e. The van der Waals surface area contributed by atoms with Crippen LogP contribution in [0.5, 0.6) is 5.75 Å². The molecule has 0 aliphatic rings. The second-order valence-corrected chi connectivity index (χ2v) is 3.22. The van der Waals surface area contributed by atoms with E-state index in [1.807, 2.05) is 33.0 Å². The van der Waals surface area contributed by atoms with Crippen LogP contribution < -0.4 is 15.4 Å². The zero-order chi connectivity index (χ0) is 12.0. The van der Waals surface area contributed by atoms with Gasteiger partial charge in [0.25, 0.3) is 0 Å². The number of nitrogens with zero attached hydrogens (tertiary/aromatic N) is 1. The number of nitriles is 1. The summed E-state index contributed by atoms with van der Waals surface area (Å²) in [4.78, 5) is 0. The molecule has 0 aliphatic heterocycles. The van der Waals surface area contributed by atoms with Crippen molar-refractivity contribution in [3.63, 3.8) is 0 Å². The van der Waals surface area contributed by atoms with Crippen molar-refractivity contribution in [2.24, 2.45) is 0 Å². The second kappa shape index (κ2) is 5.86. The summed E-state index contributed by atoms with van der Waals surface area (Å²) in [5.41, 5.74) is 2.29. The van der Waals surface area contributed by atoms with Crippen LogP contribution in [-0.4, -0.2) is 20.2 Å². The highest BCUT2D eigenvalue weighted by Crippen LogP contribution is 2.30. The Kier molecular flexibility index (Phi) is 4.46. The summed E-state index contributed by atoms with van der Waals surface area (Å²) in [6.07, 6.45) is 0. The van der Waals surface area contributed by atoms with E-state index >= 15 is 0 Å². The average Bonchev–Trinajstić information content (AvgIpc) is 2.29. The van der Waals surface area contributed by atoms with Gasteiger partial charge in [0.05, 0.1) is 12.3 Å². The van der Waals surface area contributed by atoms with Crippen molar-refractivity contribution in [2.45, 2.75) is 13.8 Å². The summed E-state index contributed by atoms with van der Waals surface area (Å²) < 4.78 is 5.45. The fourth-order valence-electron chi connectivity index (χ4n) is 1.47. The Balaban J connectivity index is 3.23. The predicted octanol–water partition coefficient (Wildman–Crippen LogP) is 2.43. The fourth-order valence-corrected chi connectivity index (χ4v) is 1.47. The van der Waals surface area contributed by atoms with Crippen LogP contribution in [0.4, 0.5) is 11.4 Å². The molecule has 2 N–H and O–H groups in total. The Morgan fingerprint density at radius 3 is 2.62 bits per heavy atom. The molecule has 1 aromatic carbocycles. The Morgan fingerprint density at radius 1 is 1.38 bits per heavy atom. The van der Waals surface area contributed by atoms with Crippen LogP contribution in [0.2, 0.25) is 0 Å². The molecule has 0 spiro atoms. The van der Waals surface area contributed by atoms with Gasteiger partial charge in [-0.25, -0.2) is 0 Å². The van der Waals surface area contributed by atoms with E-state index in [0.717, 1.165) is 17.9 Å². The van der Waals surface area contributed by atoms with Crippen molar-refractivity contribution in [3.8, 4) is 11.8 Å². The van der Waals surface area contributed by atoms with Crippen LogP contribution >= 0.6 is 0 Å². The van der Waals surface area contributed by atoms with E-state index in [0.29, 0.717) is 17.9 Å². The minimum Gasteiger partial charge on any atom is -0.492 e. The summed E-state index contributed by atoms with van der Waals surface area (Å²) in [6, 6.07) is 5.91. The molecule has 0 heterocycles. The van der Waals surface area contributed by atoms with Gasteiger partial charge in [-0.3, -0.25) is 0 Å². The third kappa shape index (κ3) is 2.57. The van der Waals surface area contributed by atoms with Gasteiger partial charge in [-0.05, 0) is 19.9 Å². The number of rotatable bonds is 5. The highest BCUT2D eigenvalue weighted by Gasteiger charge is 2.10. The summed E-state index contributed by atoms with van der Waals surface area (Å²) in [5, 5.41) is 15.3. The van der Waals surface area contributed by atoms with Crippen LogP contribution in [0.25, 0.3) is 0 Å². The monoisotopic (exact) mass is 219 g/mol.